The van der Waals surface area contributed by atoms with E-state index < -0.39 is 46.4 Å². The summed E-state index contributed by atoms with van der Waals surface area (Å²) in [6, 6.07) is 0. The molecule has 5 nitrogen and oxygen atoms in total. The molecular formula is C12H15F9N2O3S. The number of halogens is 9. The Labute approximate surface area is 148 Å². The minimum atomic E-state index is -7.29. The lowest BCUT2D eigenvalue weighted by molar-refractivity contribution is -0.382. The molecule has 0 unspecified atom stereocenters. The Kier molecular flexibility index (Phi) is 6.55. The monoisotopic (exact) mass is 438 g/mol. The van der Waals surface area contributed by atoms with E-state index in [9.17, 15) is 52.7 Å². The Hall–Kier alpha value is -1.09. The van der Waals surface area contributed by atoms with Crippen molar-refractivity contribution in [3.63, 3.8) is 0 Å². The molecule has 0 N–H and O–H groups in total. The van der Waals surface area contributed by atoms with Crippen molar-refractivity contribution < 1.29 is 52.7 Å². The maximum Gasteiger partial charge on any atom is 0.460 e. The highest BCUT2D eigenvalue weighted by Crippen LogP contribution is 2.55. The summed E-state index contributed by atoms with van der Waals surface area (Å²) in [6.07, 6.45) is -6.98. The topological polar surface area (TPSA) is 57.7 Å². The predicted octanol–water partition coefficient (Wildman–Crippen LogP) is 2.34. The number of Topliss-reactive ketones (excluding diaryl/α,β-unsaturated/α-hetero) is 1. The number of nitrogens with zero attached hydrogens (tertiary/aromatic N) is 2. The summed E-state index contributed by atoms with van der Waals surface area (Å²) in [6.45, 7) is -1.18. The highest BCUT2D eigenvalue weighted by molar-refractivity contribution is 7.90. The molecule has 0 aromatic carbocycles. The molecule has 15 heteroatoms. The Morgan fingerprint density at radius 1 is 0.852 bits per heavy atom. The van der Waals surface area contributed by atoms with Crippen LogP contribution in [0.2, 0.25) is 0 Å². The lowest BCUT2D eigenvalue weighted by atomic mass is 10.1. The number of carbonyl (C=O) groups excluding carboxylic acids is 1. The Morgan fingerprint density at radius 3 is 1.67 bits per heavy atom. The fourth-order valence-electron chi connectivity index (χ4n) is 2.17. The van der Waals surface area contributed by atoms with Crippen LogP contribution >= 0.6 is 0 Å². The van der Waals surface area contributed by atoms with Crippen LogP contribution in [0.25, 0.3) is 0 Å². The van der Waals surface area contributed by atoms with Crippen LogP contribution in [0, 0.1) is 0 Å². The van der Waals surface area contributed by atoms with Gasteiger partial charge in [0.15, 0.2) is 0 Å². The van der Waals surface area contributed by atoms with Gasteiger partial charge in [-0.2, -0.15) is 43.8 Å². The summed E-state index contributed by atoms with van der Waals surface area (Å²) in [5, 5.41) is -6.72. The number of carbonyl (C=O) groups is 1. The Balaban J connectivity index is 3.08. The molecule has 0 bridgehead atoms. The Morgan fingerprint density at radius 2 is 1.30 bits per heavy atom. The average Bonchev–Trinajstić information content (AvgIpc) is 2.53. The van der Waals surface area contributed by atoms with E-state index in [1.807, 2.05) is 0 Å². The molecule has 0 aromatic heterocycles. The van der Waals surface area contributed by atoms with Crippen LogP contribution in [0.4, 0.5) is 39.5 Å². The van der Waals surface area contributed by atoms with Crippen molar-refractivity contribution in [2.45, 2.75) is 36.6 Å². The zero-order valence-corrected chi connectivity index (χ0v) is 14.5. The van der Waals surface area contributed by atoms with Crippen LogP contribution in [0.15, 0.2) is 0 Å². The predicted molar refractivity (Wildman–Crippen MR) is 73.1 cm³/mol. The summed E-state index contributed by atoms with van der Waals surface area (Å²) in [5.74, 6) is -14.8. The van der Waals surface area contributed by atoms with Crippen molar-refractivity contribution in [2.75, 3.05) is 32.7 Å². The molecular weight excluding hydrogens is 423 g/mol. The number of piperazine rings is 1. The first-order chi connectivity index (χ1) is 11.9. The van der Waals surface area contributed by atoms with Crippen molar-refractivity contribution in [1.82, 2.24) is 9.21 Å². The lowest BCUT2D eigenvalue weighted by Crippen LogP contribution is -2.66. The molecule has 0 aliphatic carbocycles. The van der Waals surface area contributed by atoms with Crippen LogP contribution < -0.4 is 0 Å². The molecule has 0 aromatic rings. The van der Waals surface area contributed by atoms with E-state index in [2.05, 4.69) is 0 Å². The molecule has 1 rings (SSSR count). The van der Waals surface area contributed by atoms with Crippen LogP contribution in [-0.4, -0.2) is 79.4 Å². The van der Waals surface area contributed by atoms with Gasteiger partial charge in [-0.3, -0.25) is 9.69 Å². The molecule has 0 spiro atoms. The van der Waals surface area contributed by atoms with Gasteiger partial charge in [-0.1, -0.05) is 6.92 Å². The summed E-state index contributed by atoms with van der Waals surface area (Å²) in [5.41, 5.74) is 0. The zero-order chi connectivity index (χ0) is 21.5. The van der Waals surface area contributed by atoms with Gasteiger partial charge in [0, 0.05) is 32.6 Å². The number of ketones is 1. The van der Waals surface area contributed by atoms with Crippen LogP contribution in [0.5, 0.6) is 0 Å². The SMILES string of the molecule is CCC(=O)CN1CCN(S(=O)(=O)C(F)(F)C(F)(F)C(F)(F)C(F)(F)F)CC1. The molecule has 1 aliphatic heterocycles. The van der Waals surface area contributed by atoms with E-state index in [0.717, 1.165) is 0 Å². The van der Waals surface area contributed by atoms with Gasteiger partial charge < -0.3 is 0 Å². The normalized spacial score (nSPS) is 19.3. The molecule has 1 saturated heterocycles. The molecule has 0 radical (unpaired) electrons. The third-order valence-corrected chi connectivity index (χ3v) is 5.85. The first-order valence-corrected chi connectivity index (χ1v) is 8.81. The van der Waals surface area contributed by atoms with Crippen molar-refractivity contribution in [2.24, 2.45) is 0 Å². The van der Waals surface area contributed by atoms with E-state index in [1.165, 1.54) is 11.8 Å². The quantitative estimate of drug-likeness (QED) is 0.573. The first kappa shape index (κ1) is 23.9. The number of sulfonamides is 1. The number of rotatable bonds is 7. The van der Waals surface area contributed by atoms with Gasteiger partial charge in [-0.05, 0) is 0 Å². The summed E-state index contributed by atoms with van der Waals surface area (Å²) < 4.78 is 139. The first-order valence-electron chi connectivity index (χ1n) is 7.37. The smallest absolute Gasteiger partial charge is 0.298 e. The standard InChI is InChI=1S/C12H15F9N2O3S/c1-2-8(24)7-22-3-5-23(6-4-22)27(25,26)12(20,21)10(15,16)9(13,14)11(17,18)19/h2-7H2,1H3. The van der Waals surface area contributed by atoms with Crippen LogP contribution in [0.1, 0.15) is 13.3 Å². The van der Waals surface area contributed by atoms with Crippen molar-refractivity contribution >= 4 is 15.8 Å². The van der Waals surface area contributed by atoms with Crippen LogP contribution in [-0.2, 0) is 14.8 Å². The van der Waals surface area contributed by atoms with Gasteiger partial charge in [-0.25, -0.2) is 8.42 Å². The number of hydrogen-bond acceptors (Lipinski definition) is 4. The lowest BCUT2D eigenvalue weighted by Gasteiger charge is -2.38. The van der Waals surface area contributed by atoms with E-state index in [4.69, 9.17) is 0 Å². The zero-order valence-electron chi connectivity index (χ0n) is 13.7. The molecule has 0 saturated carbocycles. The summed E-state index contributed by atoms with van der Waals surface area (Å²) in [7, 11) is -6.56. The molecule has 27 heavy (non-hydrogen) atoms. The molecule has 0 atom stereocenters. The van der Waals surface area contributed by atoms with Gasteiger partial charge in [0.2, 0.25) is 0 Å². The summed E-state index contributed by atoms with van der Waals surface area (Å²) in [4.78, 5) is 12.6. The van der Waals surface area contributed by atoms with E-state index >= 15 is 0 Å². The van der Waals surface area contributed by atoms with Crippen LogP contribution in [0.3, 0.4) is 0 Å². The third-order valence-electron chi connectivity index (χ3n) is 3.91. The van der Waals surface area contributed by atoms with E-state index in [-0.39, 0.29) is 36.1 Å². The second-order valence-corrected chi connectivity index (χ2v) is 7.72. The minimum absolute atomic E-state index is 0.120. The van der Waals surface area contributed by atoms with E-state index in [0.29, 0.717) is 0 Å². The average molecular weight is 438 g/mol. The van der Waals surface area contributed by atoms with Gasteiger partial charge in [0.1, 0.15) is 5.78 Å². The highest BCUT2D eigenvalue weighted by Gasteiger charge is 2.85. The third kappa shape index (κ3) is 4.04. The highest BCUT2D eigenvalue weighted by atomic mass is 32.2. The van der Waals surface area contributed by atoms with Crippen molar-refractivity contribution in [3.05, 3.63) is 0 Å². The maximum absolute atomic E-state index is 13.7. The molecule has 0 amide bonds. The van der Waals surface area contributed by atoms with Gasteiger partial charge >= 0.3 is 23.3 Å². The molecule has 1 fully saturated rings. The van der Waals surface area contributed by atoms with Crippen molar-refractivity contribution in [3.8, 4) is 0 Å². The van der Waals surface area contributed by atoms with Crippen molar-refractivity contribution in [1.29, 1.82) is 0 Å². The van der Waals surface area contributed by atoms with Gasteiger partial charge in [0.05, 0.1) is 6.54 Å². The number of alkyl halides is 9. The molecule has 160 valence electrons. The number of hydrogen-bond donors (Lipinski definition) is 0. The minimum Gasteiger partial charge on any atom is -0.298 e. The Bertz CT molecular complexity index is 656. The second-order valence-electron chi connectivity index (χ2n) is 5.74. The van der Waals surface area contributed by atoms with E-state index in [1.54, 1.807) is 0 Å². The molecule has 1 aliphatic rings. The largest absolute Gasteiger partial charge is 0.460 e. The summed E-state index contributed by atoms with van der Waals surface area (Å²) >= 11 is 0. The molecule has 1 heterocycles. The second kappa shape index (κ2) is 7.39. The van der Waals surface area contributed by atoms with Gasteiger partial charge in [-0.15, -0.1) is 0 Å². The maximum atomic E-state index is 13.7. The fourth-order valence-corrected chi connectivity index (χ4v) is 3.59. The van der Waals surface area contributed by atoms with Gasteiger partial charge in [0.25, 0.3) is 10.0 Å². The fraction of sp³-hybridized carbons (Fsp3) is 0.917.